The van der Waals surface area contributed by atoms with Gasteiger partial charge < -0.3 is 24.1 Å². The molecule has 6 nitrogen and oxygen atoms in total. The van der Waals surface area contributed by atoms with Crippen molar-refractivity contribution in [2.45, 2.75) is 6.54 Å². The first-order valence-electron chi connectivity index (χ1n) is 9.80. The van der Waals surface area contributed by atoms with Crippen molar-refractivity contribution in [3.05, 3.63) is 66.2 Å². The van der Waals surface area contributed by atoms with Crippen molar-refractivity contribution in [3.8, 4) is 11.5 Å². The maximum Gasteiger partial charge on any atom is 0.279 e. The van der Waals surface area contributed by atoms with Crippen LogP contribution in [-0.2, 0) is 11.3 Å². The lowest BCUT2D eigenvalue weighted by Crippen LogP contribution is -3.08. The lowest BCUT2D eigenvalue weighted by molar-refractivity contribution is -0.885. The molecule has 2 N–H and O–H groups in total. The summed E-state index contributed by atoms with van der Waals surface area (Å²) in [6.07, 6.45) is 0. The summed E-state index contributed by atoms with van der Waals surface area (Å²) in [6.45, 7) is 1.03. The Morgan fingerprint density at radius 2 is 1.80 bits per heavy atom. The SMILES string of the molecule is COc1cccc(C[NH+](C)CC(=O)Nc2cc3oc4ccccc4c3cc2OC)c1. The molecule has 0 aliphatic carbocycles. The number of amides is 1. The lowest BCUT2D eigenvalue weighted by atomic mass is 10.1. The molecule has 1 unspecified atom stereocenters. The van der Waals surface area contributed by atoms with Crippen LogP contribution in [0.5, 0.6) is 11.5 Å². The number of nitrogens with one attached hydrogen (secondary N) is 2. The second-order valence-electron chi connectivity index (χ2n) is 7.36. The van der Waals surface area contributed by atoms with E-state index in [1.807, 2.05) is 67.7 Å². The molecule has 4 aromatic rings. The largest absolute Gasteiger partial charge is 0.497 e. The number of benzene rings is 3. The van der Waals surface area contributed by atoms with Crippen LogP contribution in [0.15, 0.2) is 65.1 Å². The third kappa shape index (κ3) is 4.09. The summed E-state index contributed by atoms with van der Waals surface area (Å²) >= 11 is 0. The van der Waals surface area contributed by atoms with Gasteiger partial charge >= 0.3 is 0 Å². The van der Waals surface area contributed by atoms with E-state index in [1.165, 1.54) is 0 Å². The van der Waals surface area contributed by atoms with Crippen LogP contribution in [0.1, 0.15) is 5.56 Å². The van der Waals surface area contributed by atoms with E-state index >= 15 is 0 Å². The summed E-state index contributed by atoms with van der Waals surface area (Å²) in [7, 11) is 5.23. The Labute approximate surface area is 175 Å². The van der Waals surface area contributed by atoms with Gasteiger partial charge in [-0.25, -0.2) is 0 Å². The molecular weight excluding hydrogens is 380 g/mol. The molecule has 0 aliphatic heterocycles. The zero-order valence-corrected chi connectivity index (χ0v) is 17.3. The zero-order valence-electron chi connectivity index (χ0n) is 17.3. The topological polar surface area (TPSA) is 65.1 Å². The van der Waals surface area contributed by atoms with Crippen molar-refractivity contribution in [3.63, 3.8) is 0 Å². The molecule has 1 aromatic heterocycles. The Balaban J connectivity index is 1.49. The molecule has 1 amide bonds. The van der Waals surface area contributed by atoms with E-state index < -0.39 is 0 Å². The highest BCUT2D eigenvalue weighted by Gasteiger charge is 2.16. The van der Waals surface area contributed by atoms with Crippen LogP contribution in [0.4, 0.5) is 5.69 Å². The van der Waals surface area contributed by atoms with Crippen molar-refractivity contribution in [2.75, 3.05) is 33.1 Å². The van der Waals surface area contributed by atoms with Gasteiger partial charge in [0.1, 0.15) is 29.2 Å². The Bertz CT molecular complexity index is 1200. The number of hydrogen-bond donors (Lipinski definition) is 2. The Morgan fingerprint density at radius 3 is 2.60 bits per heavy atom. The number of para-hydroxylation sites is 1. The molecule has 0 saturated carbocycles. The summed E-state index contributed by atoms with van der Waals surface area (Å²) in [5.74, 6) is 1.32. The number of anilines is 1. The Hall–Kier alpha value is -3.51. The van der Waals surface area contributed by atoms with Gasteiger partial charge in [-0.15, -0.1) is 0 Å². The summed E-state index contributed by atoms with van der Waals surface area (Å²) < 4.78 is 16.7. The quantitative estimate of drug-likeness (QED) is 0.495. The number of carbonyl (C=O) groups is 1. The number of hydrogen-bond acceptors (Lipinski definition) is 4. The first kappa shape index (κ1) is 19.8. The van der Waals surface area contributed by atoms with Crippen LogP contribution >= 0.6 is 0 Å². The van der Waals surface area contributed by atoms with Crippen LogP contribution in [0.2, 0.25) is 0 Å². The van der Waals surface area contributed by atoms with E-state index in [1.54, 1.807) is 14.2 Å². The Kier molecular flexibility index (Phi) is 5.59. The molecule has 1 heterocycles. The summed E-state index contributed by atoms with van der Waals surface area (Å²) in [6, 6.07) is 19.5. The minimum Gasteiger partial charge on any atom is -0.497 e. The van der Waals surface area contributed by atoms with Crippen molar-refractivity contribution in [1.82, 2.24) is 0 Å². The first-order valence-corrected chi connectivity index (χ1v) is 9.80. The van der Waals surface area contributed by atoms with E-state index in [-0.39, 0.29) is 5.91 Å². The Morgan fingerprint density at radius 1 is 0.967 bits per heavy atom. The van der Waals surface area contributed by atoms with Gasteiger partial charge in [0.15, 0.2) is 6.54 Å². The molecule has 154 valence electrons. The van der Waals surface area contributed by atoms with Crippen molar-refractivity contribution >= 4 is 33.5 Å². The van der Waals surface area contributed by atoms with Gasteiger partial charge in [-0.05, 0) is 24.3 Å². The number of ether oxygens (including phenoxy) is 2. The van der Waals surface area contributed by atoms with Gasteiger partial charge in [-0.2, -0.15) is 0 Å². The van der Waals surface area contributed by atoms with E-state index in [9.17, 15) is 4.79 Å². The number of methoxy groups -OCH3 is 2. The molecule has 0 radical (unpaired) electrons. The summed E-state index contributed by atoms with van der Waals surface area (Å²) in [5.41, 5.74) is 3.23. The van der Waals surface area contributed by atoms with Crippen LogP contribution in [0.3, 0.4) is 0 Å². The van der Waals surface area contributed by atoms with Crippen molar-refractivity contribution < 1.29 is 23.6 Å². The van der Waals surface area contributed by atoms with Crippen LogP contribution in [0, 0.1) is 0 Å². The van der Waals surface area contributed by atoms with Crippen molar-refractivity contribution in [1.29, 1.82) is 0 Å². The second kappa shape index (κ2) is 8.47. The molecule has 6 heteroatoms. The fraction of sp³-hybridized carbons (Fsp3) is 0.208. The molecular formula is C24H25N2O4+. The molecule has 4 rings (SSSR count). The number of carbonyl (C=O) groups excluding carboxylic acids is 1. The van der Waals surface area contributed by atoms with Crippen molar-refractivity contribution in [2.24, 2.45) is 0 Å². The maximum atomic E-state index is 12.7. The van der Waals surface area contributed by atoms with Crippen LogP contribution < -0.4 is 19.7 Å². The molecule has 0 fully saturated rings. The van der Waals surface area contributed by atoms with E-state index in [4.69, 9.17) is 13.9 Å². The molecule has 3 aromatic carbocycles. The second-order valence-corrected chi connectivity index (χ2v) is 7.36. The van der Waals surface area contributed by atoms with Gasteiger partial charge in [0, 0.05) is 22.4 Å². The van der Waals surface area contributed by atoms with Crippen LogP contribution in [0.25, 0.3) is 21.9 Å². The molecule has 0 bridgehead atoms. The highest BCUT2D eigenvalue weighted by Crippen LogP contribution is 2.36. The smallest absolute Gasteiger partial charge is 0.279 e. The average molecular weight is 405 g/mol. The van der Waals surface area contributed by atoms with Gasteiger partial charge in [-0.3, -0.25) is 4.79 Å². The van der Waals surface area contributed by atoms with Gasteiger partial charge in [0.05, 0.1) is 27.0 Å². The zero-order chi connectivity index (χ0) is 21.1. The van der Waals surface area contributed by atoms with E-state index in [2.05, 4.69) is 5.32 Å². The highest BCUT2D eigenvalue weighted by molar-refractivity contribution is 6.07. The normalized spacial score (nSPS) is 12.1. The summed E-state index contributed by atoms with van der Waals surface area (Å²) in [5, 5.41) is 4.95. The fourth-order valence-corrected chi connectivity index (χ4v) is 3.68. The highest BCUT2D eigenvalue weighted by atomic mass is 16.5. The third-order valence-corrected chi connectivity index (χ3v) is 5.08. The van der Waals surface area contributed by atoms with E-state index in [0.29, 0.717) is 30.1 Å². The number of furan rings is 1. The molecule has 0 spiro atoms. The average Bonchev–Trinajstić information content (AvgIpc) is 3.10. The molecule has 1 atom stereocenters. The standard InChI is InChI=1S/C24H24N2O4/c1-26(14-16-7-6-8-17(11-16)28-2)15-24(27)25-20-13-22-19(12-23(20)29-3)18-9-4-5-10-21(18)30-22/h4-13H,14-15H2,1-3H3,(H,25,27)/p+1. The monoisotopic (exact) mass is 405 g/mol. The number of rotatable bonds is 7. The third-order valence-electron chi connectivity index (χ3n) is 5.08. The summed E-state index contributed by atoms with van der Waals surface area (Å²) in [4.78, 5) is 13.7. The number of fused-ring (bicyclic) bond motifs is 3. The fourth-order valence-electron chi connectivity index (χ4n) is 3.68. The van der Waals surface area contributed by atoms with Crippen LogP contribution in [-0.4, -0.2) is 33.7 Å². The maximum absolute atomic E-state index is 12.7. The number of likely N-dealkylation sites (N-methyl/N-ethyl adjacent to an activating group) is 1. The minimum absolute atomic E-state index is 0.0934. The predicted octanol–water partition coefficient (Wildman–Crippen LogP) is 3.26. The minimum atomic E-state index is -0.0934. The van der Waals surface area contributed by atoms with Gasteiger partial charge in [-0.1, -0.05) is 30.3 Å². The van der Waals surface area contributed by atoms with Gasteiger partial charge in [0.2, 0.25) is 0 Å². The van der Waals surface area contributed by atoms with Gasteiger partial charge in [0.25, 0.3) is 5.91 Å². The lowest BCUT2D eigenvalue weighted by Gasteiger charge is -2.15. The molecule has 30 heavy (non-hydrogen) atoms. The first-order chi connectivity index (χ1) is 14.6. The number of quaternary nitrogens is 1. The van der Waals surface area contributed by atoms with E-state index in [0.717, 1.165) is 32.6 Å². The predicted molar refractivity (Wildman–Crippen MR) is 117 cm³/mol. The molecule has 0 aliphatic rings. The molecule has 0 saturated heterocycles.